The van der Waals surface area contributed by atoms with E-state index in [-0.39, 0.29) is 23.5 Å². The van der Waals surface area contributed by atoms with Gasteiger partial charge in [0.15, 0.2) is 4.87 Å². The summed E-state index contributed by atoms with van der Waals surface area (Å²) in [6.07, 6.45) is -4.55. The van der Waals surface area contributed by atoms with Gasteiger partial charge < -0.3 is 20.3 Å². The lowest BCUT2D eigenvalue weighted by molar-refractivity contribution is -0.274. The van der Waals surface area contributed by atoms with Gasteiger partial charge in [0.25, 0.3) is 5.91 Å². The van der Waals surface area contributed by atoms with Crippen LogP contribution in [0, 0.1) is 0 Å². The van der Waals surface area contributed by atoms with Crippen LogP contribution in [0.2, 0.25) is 0 Å². The molecule has 5 rings (SSSR count). The zero-order valence-electron chi connectivity index (χ0n) is 19.1. The van der Waals surface area contributed by atoms with E-state index in [2.05, 4.69) is 15.4 Å². The predicted octanol–water partition coefficient (Wildman–Crippen LogP) is 3.73. The number of ether oxygens (including phenoxy) is 1. The van der Waals surface area contributed by atoms with Crippen LogP contribution in [0.3, 0.4) is 0 Å². The number of anilines is 1. The first-order chi connectivity index (χ1) is 17.5. The SMILES string of the molecule is O=C1NCC(c2ccccc2)(S(=O)(=O)c2ccc3c(c2)CCN3C(=O)c2cccc(OC(F)(F)F)c2)N1. The highest BCUT2D eigenvalue weighted by atomic mass is 32.2. The van der Waals surface area contributed by atoms with E-state index in [9.17, 15) is 31.2 Å². The molecule has 0 aliphatic carbocycles. The minimum absolute atomic E-state index is 0.00549. The van der Waals surface area contributed by atoms with E-state index in [4.69, 9.17) is 0 Å². The Balaban J connectivity index is 1.46. The number of hydrogen-bond acceptors (Lipinski definition) is 5. The normalized spacial score (nSPS) is 19.2. The molecule has 192 valence electrons. The van der Waals surface area contributed by atoms with Crippen LogP contribution < -0.4 is 20.3 Å². The van der Waals surface area contributed by atoms with Gasteiger partial charge >= 0.3 is 12.4 Å². The number of rotatable bonds is 5. The average Bonchev–Trinajstić information content (AvgIpc) is 3.47. The van der Waals surface area contributed by atoms with Gasteiger partial charge in [0.05, 0.1) is 11.4 Å². The Hall–Kier alpha value is -4.06. The zero-order valence-corrected chi connectivity index (χ0v) is 19.9. The molecule has 37 heavy (non-hydrogen) atoms. The molecule has 0 bridgehead atoms. The van der Waals surface area contributed by atoms with Crippen molar-refractivity contribution < 1.29 is 35.9 Å². The summed E-state index contributed by atoms with van der Waals surface area (Å²) in [6, 6.07) is 16.8. The monoisotopic (exact) mass is 531 g/mol. The maximum absolute atomic E-state index is 13.8. The van der Waals surface area contributed by atoms with Crippen LogP contribution >= 0.6 is 0 Å². The Morgan fingerprint density at radius 3 is 2.43 bits per heavy atom. The van der Waals surface area contributed by atoms with Gasteiger partial charge in [-0.25, -0.2) is 13.2 Å². The molecular formula is C25H20F3N3O5S. The van der Waals surface area contributed by atoms with Crippen molar-refractivity contribution in [1.29, 1.82) is 0 Å². The Morgan fingerprint density at radius 2 is 1.76 bits per heavy atom. The van der Waals surface area contributed by atoms with Crippen LogP contribution in [0.1, 0.15) is 21.5 Å². The van der Waals surface area contributed by atoms with Crippen molar-refractivity contribution >= 4 is 27.5 Å². The van der Waals surface area contributed by atoms with Gasteiger partial charge in [-0.05, 0) is 53.9 Å². The Kier molecular flexibility index (Phi) is 5.86. The molecule has 1 saturated heterocycles. The van der Waals surface area contributed by atoms with Gasteiger partial charge in [-0.15, -0.1) is 13.2 Å². The summed E-state index contributed by atoms with van der Waals surface area (Å²) in [5.74, 6) is -1.06. The summed E-state index contributed by atoms with van der Waals surface area (Å²) in [5, 5.41) is 5.10. The molecule has 1 fully saturated rings. The molecule has 2 heterocycles. The van der Waals surface area contributed by atoms with Crippen LogP contribution in [0.4, 0.5) is 23.7 Å². The molecule has 1 unspecified atom stereocenters. The quantitative estimate of drug-likeness (QED) is 0.522. The lowest BCUT2D eigenvalue weighted by Gasteiger charge is -2.28. The largest absolute Gasteiger partial charge is 0.573 e. The second-order valence-corrected chi connectivity index (χ2v) is 10.8. The second kappa shape index (κ2) is 8.80. The summed E-state index contributed by atoms with van der Waals surface area (Å²) in [7, 11) is -4.14. The Labute approximate surface area is 210 Å². The second-order valence-electron chi connectivity index (χ2n) is 8.58. The van der Waals surface area contributed by atoms with Gasteiger partial charge in [0.1, 0.15) is 5.75 Å². The summed E-state index contributed by atoms with van der Waals surface area (Å²) in [5.41, 5.74) is 1.42. The van der Waals surface area contributed by atoms with E-state index in [1.54, 1.807) is 30.3 Å². The maximum atomic E-state index is 13.8. The van der Waals surface area contributed by atoms with Crippen molar-refractivity contribution in [1.82, 2.24) is 10.6 Å². The highest BCUT2D eigenvalue weighted by Crippen LogP contribution is 2.38. The van der Waals surface area contributed by atoms with E-state index in [1.165, 1.54) is 35.2 Å². The van der Waals surface area contributed by atoms with E-state index < -0.39 is 38.8 Å². The average molecular weight is 532 g/mol. The molecular weight excluding hydrogens is 511 g/mol. The first-order valence-corrected chi connectivity index (χ1v) is 12.7. The number of nitrogens with one attached hydrogen (secondary N) is 2. The molecule has 3 aromatic rings. The number of amides is 3. The van der Waals surface area contributed by atoms with Crippen molar-refractivity contribution in [2.75, 3.05) is 18.0 Å². The lowest BCUT2D eigenvalue weighted by atomic mass is 10.1. The van der Waals surface area contributed by atoms with Gasteiger partial charge in [-0.2, -0.15) is 0 Å². The van der Waals surface area contributed by atoms with Crippen molar-refractivity contribution in [2.45, 2.75) is 22.5 Å². The molecule has 0 saturated carbocycles. The first kappa shape index (κ1) is 24.6. The summed E-state index contributed by atoms with van der Waals surface area (Å²) in [6.45, 7) is 0.0420. The van der Waals surface area contributed by atoms with Gasteiger partial charge in [0.2, 0.25) is 9.84 Å². The molecule has 3 amide bonds. The van der Waals surface area contributed by atoms with Gasteiger partial charge in [0, 0.05) is 17.8 Å². The topological polar surface area (TPSA) is 105 Å². The highest BCUT2D eigenvalue weighted by Gasteiger charge is 2.51. The van der Waals surface area contributed by atoms with Crippen LogP contribution in [0.5, 0.6) is 5.75 Å². The molecule has 1 atom stereocenters. The first-order valence-electron chi connectivity index (χ1n) is 11.2. The number of carbonyl (C=O) groups excluding carboxylic acids is 2. The number of urea groups is 1. The van der Waals surface area contributed by atoms with Crippen LogP contribution in [-0.2, 0) is 21.1 Å². The van der Waals surface area contributed by atoms with Crippen molar-refractivity contribution in [3.63, 3.8) is 0 Å². The zero-order chi connectivity index (χ0) is 26.4. The number of carbonyl (C=O) groups is 2. The number of nitrogens with zero attached hydrogens (tertiary/aromatic N) is 1. The maximum Gasteiger partial charge on any atom is 0.573 e. The molecule has 2 N–H and O–H groups in total. The third kappa shape index (κ3) is 4.37. The van der Waals surface area contributed by atoms with E-state index in [0.717, 1.165) is 12.1 Å². The molecule has 0 spiro atoms. The number of alkyl halides is 3. The molecule has 8 nitrogen and oxygen atoms in total. The van der Waals surface area contributed by atoms with Crippen molar-refractivity contribution in [3.8, 4) is 5.75 Å². The summed E-state index contributed by atoms with van der Waals surface area (Å²) < 4.78 is 69.4. The number of sulfone groups is 1. The number of benzene rings is 3. The predicted molar refractivity (Wildman–Crippen MR) is 127 cm³/mol. The fourth-order valence-electron chi connectivity index (χ4n) is 4.61. The molecule has 2 aliphatic rings. The van der Waals surface area contributed by atoms with Crippen LogP contribution in [-0.4, -0.2) is 39.8 Å². The molecule has 3 aromatic carbocycles. The van der Waals surface area contributed by atoms with E-state index in [1.807, 2.05) is 0 Å². The standard InChI is InChI=1S/C25H20F3N3O5S/c26-25(27,28)36-19-8-4-5-17(13-19)22(32)31-12-11-16-14-20(9-10-21(16)31)37(34,35)24(15-29-23(33)30-24)18-6-2-1-3-7-18/h1-10,13-14H,11-12,15H2,(H2,29,30,33). The molecule has 0 aromatic heterocycles. The summed E-state index contributed by atoms with van der Waals surface area (Å²) >= 11 is 0. The van der Waals surface area contributed by atoms with E-state index >= 15 is 0 Å². The molecule has 0 radical (unpaired) electrons. The van der Waals surface area contributed by atoms with E-state index in [0.29, 0.717) is 23.2 Å². The van der Waals surface area contributed by atoms with Crippen molar-refractivity contribution in [2.24, 2.45) is 0 Å². The smallest absolute Gasteiger partial charge is 0.406 e. The fraction of sp³-hybridized carbons (Fsp3) is 0.200. The van der Waals surface area contributed by atoms with Crippen LogP contribution in [0.25, 0.3) is 0 Å². The van der Waals surface area contributed by atoms with Gasteiger partial charge in [-0.1, -0.05) is 36.4 Å². The number of hydrogen-bond donors (Lipinski definition) is 2. The fourth-order valence-corrected chi connectivity index (χ4v) is 6.50. The summed E-state index contributed by atoms with van der Waals surface area (Å²) in [4.78, 5) is 24.8. The Morgan fingerprint density at radius 1 is 1.00 bits per heavy atom. The molecule has 12 heteroatoms. The molecule has 2 aliphatic heterocycles. The lowest BCUT2D eigenvalue weighted by Crippen LogP contribution is -2.47. The highest BCUT2D eigenvalue weighted by molar-refractivity contribution is 7.92. The van der Waals surface area contributed by atoms with Crippen molar-refractivity contribution in [3.05, 3.63) is 89.5 Å². The van der Waals surface area contributed by atoms with Gasteiger partial charge in [-0.3, -0.25) is 4.79 Å². The Bertz CT molecular complexity index is 1490. The minimum Gasteiger partial charge on any atom is -0.406 e. The van der Waals surface area contributed by atoms with Crippen LogP contribution in [0.15, 0.2) is 77.7 Å². The third-order valence-electron chi connectivity index (χ3n) is 6.33. The third-order valence-corrected chi connectivity index (χ3v) is 8.60. The number of halogens is 3. The number of fused-ring (bicyclic) bond motifs is 1. The minimum atomic E-state index is -4.89.